The van der Waals surface area contributed by atoms with Gasteiger partial charge in [0.2, 0.25) is 11.4 Å². The van der Waals surface area contributed by atoms with Crippen molar-refractivity contribution in [1.29, 1.82) is 0 Å². The molecule has 2 heterocycles. The molecule has 8 nitrogen and oxygen atoms in total. The van der Waals surface area contributed by atoms with Gasteiger partial charge in [-0.25, -0.2) is 0 Å². The molecule has 2 atom stereocenters. The lowest BCUT2D eigenvalue weighted by Crippen LogP contribution is -2.37. The number of amides is 1. The van der Waals surface area contributed by atoms with Crippen LogP contribution in [0.4, 0.5) is 5.69 Å². The summed E-state index contributed by atoms with van der Waals surface area (Å²) in [6, 6.07) is 31.9. The van der Waals surface area contributed by atoms with E-state index in [0.717, 1.165) is 87.9 Å². The van der Waals surface area contributed by atoms with E-state index in [1.807, 2.05) is 30.3 Å². The molecule has 0 saturated heterocycles. The van der Waals surface area contributed by atoms with E-state index in [4.69, 9.17) is 4.74 Å². The van der Waals surface area contributed by atoms with Crippen LogP contribution in [0.3, 0.4) is 0 Å². The maximum atomic E-state index is 12.8. The van der Waals surface area contributed by atoms with Gasteiger partial charge in [0.15, 0.2) is 6.20 Å². The number of hydrogen-bond acceptors (Lipinski definition) is 6. The number of fused-ring (bicyclic) bond motifs is 3. The fourth-order valence-corrected chi connectivity index (χ4v) is 7.56. The molecule has 0 bridgehead atoms. The molecule has 3 N–H and O–H groups in total. The summed E-state index contributed by atoms with van der Waals surface area (Å²) < 4.78 is 8.28. The zero-order valence-corrected chi connectivity index (χ0v) is 33.1. The average molecular weight is 743 g/mol. The maximum Gasteiger partial charge on any atom is 0.221 e. The zero-order chi connectivity index (χ0) is 38.4. The highest BCUT2D eigenvalue weighted by Gasteiger charge is 2.19. The number of aryl methyl sites for hydroxylation is 2. The van der Waals surface area contributed by atoms with Gasteiger partial charge >= 0.3 is 0 Å². The van der Waals surface area contributed by atoms with Gasteiger partial charge in [0.05, 0.1) is 5.39 Å². The summed E-state index contributed by atoms with van der Waals surface area (Å²) in [4.78, 5) is 17.5. The molecule has 0 radical (unpaired) electrons. The summed E-state index contributed by atoms with van der Waals surface area (Å²) in [6.45, 7) is 10.6. The number of nitrogens with zero attached hydrogens (tertiary/aromatic N) is 3. The van der Waals surface area contributed by atoms with Crippen LogP contribution in [0.2, 0.25) is 0 Å². The molecule has 6 rings (SSSR count). The molecule has 1 aliphatic rings. The van der Waals surface area contributed by atoms with Crippen molar-refractivity contribution in [3.8, 4) is 5.75 Å². The van der Waals surface area contributed by atoms with Crippen LogP contribution in [0.1, 0.15) is 62.6 Å². The Labute approximate surface area is 327 Å². The molecule has 0 fully saturated rings. The van der Waals surface area contributed by atoms with Crippen LogP contribution < -0.4 is 24.8 Å². The Morgan fingerprint density at radius 3 is 2.69 bits per heavy atom. The summed E-state index contributed by atoms with van der Waals surface area (Å²) in [7, 11) is 2.14. The summed E-state index contributed by atoms with van der Waals surface area (Å²) >= 11 is 0. The molecular formula is C47H60N5O3+. The van der Waals surface area contributed by atoms with Crippen molar-refractivity contribution < 1.29 is 19.2 Å². The van der Waals surface area contributed by atoms with Gasteiger partial charge in [-0.15, -0.1) is 0 Å². The highest BCUT2D eigenvalue weighted by Crippen LogP contribution is 2.29. The number of benzene rings is 4. The van der Waals surface area contributed by atoms with Crippen LogP contribution in [0.15, 0.2) is 97.2 Å². The topological polar surface area (TPSA) is 81.0 Å². The number of nitrogens with one attached hydrogen (secondary N) is 2. The molecule has 0 aliphatic carbocycles. The van der Waals surface area contributed by atoms with Crippen molar-refractivity contribution in [2.75, 3.05) is 57.8 Å². The summed E-state index contributed by atoms with van der Waals surface area (Å²) in [5, 5.41) is 20.6. The van der Waals surface area contributed by atoms with Gasteiger partial charge < -0.3 is 30.3 Å². The van der Waals surface area contributed by atoms with Crippen LogP contribution in [-0.4, -0.2) is 81.0 Å². The molecule has 290 valence electrons. The summed E-state index contributed by atoms with van der Waals surface area (Å²) in [6.07, 6.45) is 11.8. The molecule has 4 aromatic carbocycles. The van der Waals surface area contributed by atoms with Crippen LogP contribution in [0.5, 0.6) is 5.75 Å². The second-order valence-electron chi connectivity index (χ2n) is 15.1. The van der Waals surface area contributed by atoms with Crippen LogP contribution in [0, 0.1) is 0 Å². The third kappa shape index (κ3) is 11.4. The van der Waals surface area contributed by atoms with Crippen molar-refractivity contribution in [3.63, 3.8) is 0 Å². The van der Waals surface area contributed by atoms with Gasteiger partial charge in [-0.1, -0.05) is 73.7 Å². The number of aliphatic hydroxyl groups excluding tert-OH is 1. The van der Waals surface area contributed by atoms with E-state index >= 15 is 0 Å². The number of carbonyl (C=O) groups excluding carboxylic acids is 1. The minimum atomic E-state index is -0.590. The van der Waals surface area contributed by atoms with E-state index in [9.17, 15) is 9.90 Å². The monoisotopic (exact) mass is 742 g/mol. The fourth-order valence-electron chi connectivity index (χ4n) is 7.56. The van der Waals surface area contributed by atoms with E-state index in [1.54, 1.807) is 0 Å². The van der Waals surface area contributed by atoms with Crippen molar-refractivity contribution >= 4 is 45.4 Å². The number of hydrogen-bond donors (Lipinski definition) is 3. The molecule has 2 unspecified atom stereocenters. The van der Waals surface area contributed by atoms with Gasteiger partial charge in [-0.2, -0.15) is 4.57 Å². The van der Waals surface area contributed by atoms with Gasteiger partial charge in [0, 0.05) is 68.3 Å². The van der Waals surface area contributed by atoms with E-state index in [2.05, 4.69) is 125 Å². The SMILES string of the molecule is CCN(C)CCCC(C)NC(=O)CCN1CCCc2cc(C=Cc3cc[n+](CCCNCC(O)COc4cccc5ccccc45)c4ccccc34)ccc21. The van der Waals surface area contributed by atoms with Gasteiger partial charge in [0.25, 0.3) is 0 Å². The standard InChI is InChI=1S/C47H59N5O3/c1-4-50(3)28-10-13-36(2)49-47(54)26-32-51-29-11-16-40-33-37(22-24-44(40)51)21-23-39-25-31-52(45-19-8-7-17-42(39)45)30-12-27-48-34-41(53)35-55-46-20-9-15-38-14-5-6-18-43(38)46/h5-9,14-15,17-25,31,33,36,41,48,53H,4,10-13,16,26-30,32,34-35H2,1-3H3/p+1. The highest BCUT2D eigenvalue weighted by molar-refractivity contribution is 5.89. The normalized spacial score (nSPS) is 14.1. The van der Waals surface area contributed by atoms with Gasteiger partial charge in [0.1, 0.15) is 25.0 Å². The Morgan fingerprint density at radius 1 is 1.00 bits per heavy atom. The predicted molar refractivity (Wildman–Crippen MR) is 228 cm³/mol. The lowest BCUT2D eigenvalue weighted by atomic mass is 9.98. The summed E-state index contributed by atoms with van der Waals surface area (Å²) in [5.74, 6) is 0.944. The number of aliphatic hydroxyl groups is 1. The highest BCUT2D eigenvalue weighted by atomic mass is 16.5. The second kappa shape index (κ2) is 20.2. The quantitative estimate of drug-likeness (QED) is 0.0577. The number of ether oxygens (including phenoxy) is 1. The van der Waals surface area contributed by atoms with Crippen molar-refractivity contribution in [1.82, 2.24) is 15.5 Å². The van der Waals surface area contributed by atoms with Gasteiger partial charge in [-0.3, -0.25) is 4.79 Å². The molecule has 1 amide bonds. The van der Waals surface area contributed by atoms with E-state index in [1.165, 1.54) is 33.3 Å². The maximum absolute atomic E-state index is 12.8. The Hall–Kier alpha value is -4.76. The first kappa shape index (κ1) is 39.9. The summed E-state index contributed by atoms with van der Waals surface area (Å²) in [5.41, 5.74) is 6.21. The lowest BCUT2D eigenvalue weighted by molar-refractivity contribution is -0.671. The number of rotatable bonds is 20. The molecule has 8 heteroatoms. The van der Waals surface area contributed by atoms with E-state index in [-0.39, 0.29) is 18.6 Å². The fraction of sp³-hybridized carbons (Fsp3) is 0.404. The molecule has 0 spiro atoms. The number of pyridine rings is 1. The zero-order valence-electron chi connectivity index (χ0n) is 33.1. The van der Waals surface area contributed by atoms with Crippen LogP contribution in [-0.2, 0) is 17.8 Å². The predicted octanol–water partition coefficient (Wildman–Crippen LogP) is 7.25. The van der Waals surface area contributed by atoms with Crippen molar-refractivity contribution in [2.45, 2.75) is 71.1 Å². The molecule has 1 aliphatic heterocycles. The number of para-hydroxylation sites is 1. The van der Waals surface area contributed by atoms with Crippen molar-refractivity contribution in [2.24, 2.45) is 0 Å². The average Bonchev–Trinajstić information content (AvgIpc) is 3.21. The van der Waals surface area contributed by atoms with Crippen LogP contribution in [0.25, 0.3) is 33.8 Å². The molecular weight excluding hydrogens is 683 g/mol. The molecule has 5 aromatic rings. The Morgan fingerprint density at radius 2 is 1.82 bits per heavy atom. The minimum Gasteiger partial charge on any atom is -0.490 e. The largest absolute Gasteiger partial charge is 0.490 e. The molecule has 1 aromatic heterocycles. The second-order valence-corrected chi connectivity index (χ2v) is 15.1. The van der Waals surface area contributed by atoms with E-state index in [0.29, 0.717) is 13.0 Å². The smallest absolute Gasteiger partial charge is 0.221 e. The lowest BCUT2D eigenvalue weighted by Gasteiger charge is -2.31. The Kier molecular flexibility index (Phi) is 14.7. The first-order chi connectivity index (χ1) is 26.9. The Bertz CT molecular complexity index is 2020. The van der Waals surface area contributed by atoms with E-state index < -0.39 is 6.10 Å². The number of anilines is 1. The first-order valence-corrected chi connectivity index (χ1v) is 20.3. The Balaban J connectivity index is 0.972. The minimum absolute atomic E-state index is 0.144. The number of aromatic nitrogens is 1. The third-order valence-electron chi connectivity index (χ3n) is 10.8. The van der Waals surface area contributed by atoms with Gasteiger partial charge in [-0.05, 0) is 99.1 Å². The molecule has 0 saturated carbocycles. The third-order valence-corrected chi connectivity index (χ3v) is 10.8. The van der Waals surface area contributed by atoms with Crippen LogP contribution >= 0.6 is 0 Å². The first-order valence-electron chi connectivity index (χ1n) is 20.3. The number of carbonyl (C=O) groups is 1. The molecule has 55 heavy (non-hydrogen) atoms. The van der Waals surface area contributed by atoms with Crippen molar-refractivity contribution in [3.05, 3.63) is 114 Å².